The van der Waals surface area contributed by atoms with E-state index in [2.05, 4.69) is 91.0 Å². The second kappa shape index (κ2) is 8.12. The lowest BCUT2D eigenvalue weighted by Gasteiger charge is -2.21. The summed E-state index contributed by atoms with van der Waals surface area (Å²) in [4.78, 5) is 13.0. The van der Waals surface area contributed by atoms with E-state index in [9.17, 15) is 4.79 Å². The molecule has 0 radical (unpaired) electrons. The highest BCUT2D eigenvalue weighted by Crippen LogP contribution is 2.44. The predicted octanol–water partition coefficient (Wildman–Crippen LogP) is 6.78. The second-order valence-corrected chi connectivity index (χ2v) is 7.98. The Labute approximate surface area is 178 Å². The Balaban J connectivity index is 1.36. The Bertz CT molecular complexity index is 1160. The van der Waals surface area contributed by atoms with E-state index in [0.29, 0.717) is 6.42 Å². The van der Waals surface area contributed by atoms with Crippen molar-refractivity contribution >= 4 is 16.9 Å². The summed E-state index contributed by atoms with van der Waals surface area (Å²) in [5, 5.41) is 0. The molecular weight excluding hydrogens is 364 g/mol. The third-order valence-electron chi connectivity index (χ3n) is 6.17. The van der Waals surface area contributed by atoms with Gasteiger partial charge in [0.1, 0.15) is 0 Å². The zero-order chi connectivity index (χ0) is 20.3. The van der Waals surface area contributed by atoms with Gasteiger partial charge in [-0.25, -0.2) is 0 Å². The van der Waals surface area contributed by atoms with Crippen molar-refractivity contribution in [1.29, 1.82) is 0 Å². The van der Waals surface area contributed by atoms with Crippen molar-refractivity contribution in [3.8, 4) is 0 Å². The van der Waals surface area contributed by atoms with Crippen molar-refractivity contribution in [3.63, 3.8) is 0 Å². The van der Waals surface area contributed by atoms with Crippen LogP contribution in [0.3, 0.4) is 0 Å². The molecule has 2 aliphatic carbocycles. The maximum Gasteiger partial charge on any atom is 0.163 e. The first-order chi connectivity index (χ1) is 14.8. The molecule has 1 nitrogen and oxygen atoms in total. The summed E-state index contributed by atoms with van der Waals surface area (Å²) >= 11 is 0. The number of hydrogen-bond acceptors (Lipinski definition) is 1. The molecule has 0 saturated carbocycles. The molecular formula is C29H24O. The number of ketones is 1. The number of allylic oxidation sites excluding steroid dienone is 6. The quantitative estimate of drug-likeness (QED) is 0.455. The van der Waals surface area contributed by atoms with Gasteiger partial charge in [-0.1, -0.05) is 109 Å². The number of fused-ring (bicyclic) bond motifs is 1. The molecule has 0 aromatic heterocycles. The third kappa shape index (κ3) is 3.48. The highest BCUT2D eigenvalue weighted by Gasteiger charge is 2.27. The molecule has 0 aliphatic heterocycles. The van der Waals surface area contributed by atoms with E-state index in [0.717, 1.165) is 24.0 Å². The van der Waals surface area contributed by atoms with Gasteiger partial charge < -0.3 is 0 Å². The van der Waals surface area contributed by atoms with Crippen LogP contribution in [0.5, 0.6) is 0 Å². The molecule has 0 N–H and O–H groups in total. The molecule has 5 rings (SSSR count). The molecule has 30 heavy (non-hydrogen) atoms. The van der Waals surface area contributed by atoms with Crippen LogP contribution in [0, 0.1) is 0 Å². The molecule has 0 amide bonds. The minimum Gasteiger partial charge on any atom is -0.294 e. The standard InChI is InChI=1S/C29H24O/c30-28(27-19-15-22-11-7-8-14-25(22)27)20-17-24-16-18-26(21-9-3-1-4-10-21)29(24)23-12-5-2-6-13-23/h1-14,16,18-19,29H,15,17,20H2. The average molecular weight is 389 g/mol. The van der Waals surface area contributed by atoms with E-state index in [4.69, 9.17) is 0 Å². The van der Waals surface area contributed by atoms with Crippen molar-refractivity contribution < 1.29 is 4.79 Å². The van der Waals surface area contributed by atoms with Gasteiger partial charge in [0.05, 0.1) is 0 Å². The van der Waals surface area contributed by atoms with Crippen molar-refractivity contribution in [1.82, 2.24) is 0 Å². The van der Waals surface area contributed by atoms with E-state index < -0.39 is 0 Å². The molecule has 146 valence electrons. The predicted molar refractivity (Wildman–Crippen MR) is 124 cm³/mol. The highest BCUT2D eigenvalue weighted by molar-refractivity contribution is 6.22. The molecule has 2 aliphatic rings. The lowest BCUT2D eigenvalue weighted by molar-refractivity contribution is -0.113. The molecule has 1 heteroatoms. The number of rotatable bonds is 6. The first kappa shape index (κ1) is 18.6. The van der Waals surface area contributed by atoms with Crippen LogP contribution in [-0.4, -0.2) is 5.78 Å². The summed E-state index contributed by atoms with van der Waals surface area (Å²) in [5.41, 5.74) is 8.44. The Morgan fingerprint density at radius 1 is 0.800 bits per heavy atom. The van der Waals surface area contributed by atoms with Gasteiger partial charge in [-0.05, 0) is 40.7 Å². The second-order valence-electron chi connectivity index (χ2n) is 7.98. The van der Waals surface area contributed by atoms with Gasteiger partial charge in [0.15, 0.2) is 5.78 Å². The van der Waals surface area contributed by atoms with Crippen molar-refractivity contribution in [3.05, 3.63) is 131 Å². The van der Waals surface area contributed by atoms with Crippen LogP contribution >= 0.6 is 0 Å². The number of carbonyl (C=O) groups excluding carboxylic acids is 1. The maximum absolute atomic E-state index is 13.0. The fraction of sp³-hybridized carbons (Fsp3) is 0.138. The maximum atomic E-state index is 13.0. The normalized spacial score (nSPS) is 17.2. The first-order valence-corrected chi connectivity index (χ1v) is 10.6. The van der Waals surface area contributed by atoms with E-state index in [1.54, 1.807) is 0 Å². The molecule has 0 saturated heterocycles. The van der Waals surface area contributed by atoms with Gasteiger partial charge in [0.25, 0.3) is 0 Å². The van der Waals surface area contributed by atoms with E-state index in [1.165, 1.54) is 27.8 Å². The van der Waals surface area contributed by atoms with Crippen molar-refractivity contribution in [2.45, 2.75) is 25.2 Å². The van der Waals surface area contributed by atoms with Crippen LogP contribution in [0.1, 0.15) is 41.0 Å². The first-order valence-electron chi connectivity index (χ1n) is 10.6. The van der Waals surface area contributed by atoms with Crippen LogP contribution < -0.4 is 0 Å². The summed E-state index contributed by atoms with van der Waals surface area (Å²) in [6.07, 6.45) is 8.75. The lowest BCUT2D eigenvalue weighted by atomic mass is 9.83. The minimum absolute atomic E-state index is 0.214. The van der Waals surface area contributed by atoms with Gasteiger partial charge in [-0.3, -0.25) is 4.79 Å². The fourth-order valence-corrected chi connectivity index (χ4v) is 4.69. The van der Waals surface area contributed by atoms with Crippen LogP contribution in [0.25, 0.3) is 11.1 Å². The fourth-order valence-electron chi connectivity index (χ4n) is 4.69. The highest BCUT2D eigenvalue weighted by atomic mass is 16.1. The zero-order valence-electron chi connectivity index (χ0n) is 16.9. The van der Waals surface area contributed by atoms with Gasteiger partial charge in [0, 0.05) is 17.9 Å². The molecule has 0 fully saturated rings. The third-order valence-corrected chi connectivity index (χ3v) is 6.17. The zero-order valence-corrected chi connectivity index (χ0v) is 16.9. The molecule has 0 bridgehead atoms. The van der Waals surface area contributed by atoms with Gasteiger partial charge in [-0.15, -0.1) is 0 Å². The monoisotopic (exact) mass is 388 g/mol. The van der Waals surface area contributed by atoms with Crippen LogP contribution in [-0.2, 0) is 11.2 Å². The number of benzene rings is 3. The van der Waals surface area contributed by atoms with Gasteiger partial charge in [0.2, 0.25) is 0 Å². The Morgan fingerprint density at radius 2 is 1.50 bits per heavy atom. The number of carbonyl (C=O) groups is 1. The molecule has 0 heterocycles. The van der Waals surface area contributed by atoms with Crippen LogP contribution in [0.15, 0.2) is 109 Å². The van der Waals surface area contributed by atoms with E-state index in [1.807, 2.05) is 12.1 Å². The molecule has 1 atom stereocenters. The van der Waals surface area contributed by atoms with E-state index >= 15 is 0 Å². The average Bonchev–Trinajstić information content (AvgIpc) is 3.43. The molecule has 3 aromatic carbocycles. The van der Waals surface area contributed by atoms with Gasteiger partial charge in [-0.2, -0.15) is 0 Å². The number of hydrogen-bond donors (Lipinski definition) is 0. The smallest absolute Gasteiger partial charge is 0.163 e. The summed E-state index contributed by atoms with van der Waals surface area (Å²) in [6.45, 7) is 0. The summed E-state index contributed by atoms with van der Waals surface area (Å²) in [6, 6.07) is 29.5. The molecule has 3 aromatic rings. The van der Waals surface area contributed by atoms with Gasteiger partial charge >= 0.3 is 0 Å². The topological polar surface area (TPSA) is 17.1 Å². The Morgan fingerprint density at radius 3 is 2.30 bits per heavy atom. The van der Waals surface area contributed by atoms with Crippen LogP contribution in [0.4, 0.5) is 0 Å². The summed E-state index contributed by atoms with van der Waals surface area (Å²) < 4.78 is 0. The SMILES string of the molecule is O=C(CCC1=CC=C(c2ccccc2)C1c1ccccc1)C1=CCc2ccccc21. The molecule has 0 spiro atoms. The van der Waals surface area contributed by atoms with Crippen molar-refractivity contribution in [2.24, 2.45) is 0 Å². The largest absolute Gasteiger partial charge is 0.294 e. The minimum atomic E-state index is 0.214. The lowest BCUT2D eigenvalue weighted by Crippen LogP contribution is -2.06. The van der Waals surface area contributed by atoms with Crippen molar-refractivity contribution in [2.75, 3.05) is 0 Å². The summed E-state index contributed by atoms with van der Waals surface area (Å²) in [7, 11) is 0. The van der Waals surface area contributed by atoms with Crippen LogP contribution in [0.2, 0.25) is 0 Å². The summed E-state index contributed by atoms with van der Waals surface area (Å²) in [5.74, 6) is 0.465. The number of Topliss-reactive ketones (excluding diaryl/α,β-unsaturated/α-hetero) is 1. The Kier molecular flexibility index (Phi) is 5.03. The van der Waals surface area contributed by atoms with E-state index in [-0.39, 0.29) is 11.7 Å². The molecule has 1 unspecified atom stereocenters. The Hall–Kier alpha value is -3.45.